The van der Waals surface area contributed by atoms with E-state index in [0.717, 1.165) is 22.3 Å². The van der Waals surface area contributed by atoms with Crippen molar-refractivity contribution in [2.45, 2.75) is 32.9 Å². The van der Waals surface area contributed by atoms with Gasteiger partial charge in [0, 0.05) is 21.8 Å². The van der Waals surface area contributed by atoms with Gasteiger partial charge in [-0.05, 0) is 79.9 Å². The fourth-order valence-corrected chi connectivity index (χ4v) is 7.09. The number of nitrogens with one attached hydrogen (secondary N) is 1. The number of hydrogen-bond donors (Lipinski definition) is 1. The number of allylic oxidation sites excluding steroid dienone is 2. The number of hydrogen-bond acceptors (Lipinski definition) is 7. The highest BCUT2D eigenvalue weighted by atomic mass is 35.5. The Hall–Kier alpha value is -5.38. The molecule has 2 heterocycles. The minimum Gasteiger partial charge on any atom is -0.497 e. The molecule has 0 radical (unpaired) electrons. The number of amides is 1. The maximum atomic E-state index is 14.4. The van der Waals surface area contributed by atoms with Gasteiger partial charge in [0.15, 0.2) is 16.3 Å². The van der Waals surface area contributed by atoms with Gasteiger partial charge in [0.25, 0.3) is 11.5 Å². The highest BCUT2D eigenvalue weighted by Crippen LogP contribution is 2.36. The van der Waals surface area contributed by atoms with Crippen molar-refractivity contribution in [1.82, 2.24) is 4.57 Å². The summed E-state index contributed by atoms with van der Waals surface area (Å²) in [6.45, 7) is 8.31. The third-order valence-corrected chi connectivity index (χ3v) is 9.53. The molecule has 0 saturated heterocycles. The quantitative estimate of drug-likeness (QED) is 0.138. The number of anilines is 1. The average molecular weight is 706 g/mol. The summed E-state index contributed by atoms with van der Waals surface area (Å²) < 4.78 is 19.8. The first-order valence-electron chi connectivity index (χ1n) is 16.1. The number of benzene rings is 4. The number of thiazole rings is 1. The molecule has 0 fully saturated rings. The predicted octanol–water partition coefficient (Wildman–Crippen LogP) is 7.24. The zero-order chi connectivity index (χ0) is 35.2. The van der Waals surface area contributed by atoms with Crippen LogP contribution in [-0.4, -0.2) is 24.2 Å². The van der Waals surface area contributed by atoms with E-state index >= 15 is 0 Å². The summed E-state index contributed by atoms with van der Waals surface area (Å²) in [5.41, 5.74) is 4.48. The van der Waals surface area contributed by atoms with Crippen LogP contribution in [0.1, 0.15) is 42.1 Å². The summed E-state index contributed by atoms with van der Waals surface area (Å²) in [6, 6.07) is 27.2. The predicted molar refractivity (Wildman–Crippen MR) is 199 cm³/mol. The molecule has 4 aromatic carbocycles. The van der Waals surface area contributed by atoms with Crippen molar-refractivity contribution in [3.8, 4) is 17.2 Å². The standard InChI is InChI=1S/C40H36ClN3O5S/c1-5-12-28-21-26(22-33(48-6-2)37(28)49-24-29-13-10-11-16-32(29)41)23-34-39(46)44-36(27-17-19-31(47-4)20-18-27)35(25(3)42-40(44)50-34)38(45)43-30-14-8-7-9-15-30/h5,7-11,13-23,36H,1,6,12,24H2,2-4H3,(H,43,45)/b34-23-/t36-/m1/s1. The zero-order valence-electron chi connectivity index (χ0n) is 27.9. The summed E-state index contributed by atoms with van der Waals surface area (Å²) in [6.07, 6.45) is 4.13. The molecule has 5 aromatic rings. The van der Waals surface area contributed by atoms with Crippen LogP contribution >= 0.6 is 22.9 Å². The number of carbonyl (C=O) groups is 1. The maximum absolute atomic E-state index is 14.4. The Morgan fingerprint density at radius 1 is 1.02 bits per heavy atom. The van der Waals surface area contributed by atoms with Crippen molar-refractivity contribution in [1.29, 1.82) is 0 Å². The Balaban J connectivity index is 1.45. The normalized spacial score (nSPS) is 14.1. The van der Waals surface area contributed by atoms with Gasteiger partial charge in [0.1, 0.15) is 12.4 Å². The number of para-hydroxylation sites is 1. The Kier molecular flexibility index (Phi) is 10.7. The summed E-state index contributed by atoms with van der Waals surface area (Å²) in [4.78, 5) is 33.5. The van der Waals surface area contributed by atoms with Crippen molar-refractivity contribution in [3.05, 3.63) is 162 Å². The van der Waals surface area contributed by atoms with E-state index in [2.05, 4.69) is 11.9 Å². The van der Waals surface area contributed by atoms with Crippen LogP contribution in [-0.2, 0) is 17.8 Å². The van der Waals surface area contributed by atoms with Crippen molar-refractivity contribution in [3.63, 3.8) is 0 Å². The third kappa shape index (κ3) is 7.29. The molecule has 8 nitrogen and oxygen atoms in total. The minimum atomic E-state index is -0.723. The molecule has 1 atom stereocenters. The molecule has 1 N–H and O–H groups in total. The van der Waals surface area contributed by atoms with Crippen molar-refractivity contribution >= 4 is 40.6 Å². The van der Waals surface area contributed by atoms with Crippen LogP contribution in [0.15, 0.2) is 125 Å². The van der Waals surface area contributed by atoms with E-state index in [1.165, 1.54) is 11.3 Å². The van der Waals surface area contributed by atoms with E-state index < -0.39 is 6.04 Å². The second kappa shape index (κ2) is 15.4. The summed E-state index contributed by atoms with van der Waals surface area (Å²) in [5, 5.41) is 3.60. The number of nitrogens with zero attached hydrogens (tertiary/aromatic N) is 2. The lowest BCUT2D eigenvalue weighted by Crippen LogP contribution is -2.40. The molecule has 1 aromatic heterocycles. The van der Waals surface area contributed by atoms with E-state index in [-0.39, 0.29) is 18.1 Å². The first kappa shape index (κ1) is 34.5. The number of methoxy groups -OCH3 is 1. The Morgan fingerprint density at radius 2 is 1.76 bits per heavy atom. The zero-order valence-corrected chi connectivity index (χ0v) is 29.5. The molecule has 1 aliphatic heterocycles. The minimum absolute atomic E-state index is 0.257. The summed E-state index contributed by atoms with van der Waals surface area (Å²) in [7, 11) is 1.59. The Bertz CT molecular complexity index is 2260. The van der Waals surface area contributed by atoms with Crippen molar-refractivity contribution in [2.24, 2.45) is 4.99 Å². The Labute approximate surface area is 299 Å². The number of aromatic nitrogens is 1. The van der Waals surface area contributed by atoms with Crippen LogP contribution in [0.2, 0.25) is 5.02 Å². The van der Waals surface area contributed by atoms with Gasteiger partial charge in [-0.25, -0.2) is 4.99 Å². The molecule has 10 heteroatoms. The molecule has 254 valence electrons. The van der Waals surface area contributed by atoms with Crippen LogP contribution in [0.25, 0.3) is 6.08 Å². The molecule has 6 rings (SSSR count). The lowest BCUT2D eigenvalue weighted by atomic mass is 9.95. The molecular weight excluding hydrogens is 670 g/mol. The fourth-order valence-electron chi connectivity index (χ4n) is 5.85. The summed E-state index contributed by atoms with van der Waals surface area (Å²) in [5.74, 6) is 1.46. The smallest absolute Gasteiger partial charge is 0.271 e. The first-order chi connectivity index (χ1) is 24.3. The largest absolute Gasteiger partial charge is 0.497 e. The second-order valence-corrected chi connectivity index (χ2v) is 12.9. The highest BCUT2D eigenvalue weighted by Gasteiger charge is 2.32. The van der Waals surface area contributed by atoms with Gasteiger partial charge in [-0.3, -0.25) is 14.2 Å². The molecule has 1 aliphatic rings. The molecule has 0 spiro atoms. The molecule has 1 amide bonds. The number of halogens is 1. The first-order valence-corrected chi connectivity index (χ1v) is 17.3. The SMILES string of the molecule is C=CCc1cc(/C=c2\sc3n(c2=O)[C@H](c2ccc(OC)cc2)C(C(=O)Nc2ccccc2)=C(C)N=3)cc(OCC)c1OCc1ccccc1Cl. The van der Waals surface area contributed by atoms with Gasteiger partial charge >= 0.3 is 0 Å². The van der Waals surface area contributed by atoms with Gasteiger partial charge in [0.05, 0.1) is 35.6 Å². The number of fused-ring (bicyclic) bond motifs is 1. The Morgan fingerprint density at radius 3 is 2.46 bits per heavy atom. The number of rotatable bonds is 12. The molecular formula is C40H36ClN3O5S. The molecule has 50 heavy (non-hydrogen) atoms. The van der Waals surface area contributed by atoms with Crippen molar-refractivity contribution in [2.75, 3.05) is 19.0 Å². The van der Waals surface area contributed by atoms with Gasteiger partial charge in [-0.2, -0.15) is 0 Å². The van der Waals surface area contributed by atoms with E-state index in [1.807, 2.05) is 104 Å². The highest BCUT2D eigenvalue weighted by molar-refractivity contribution is 7.07. The fraction of sp³-hybridized carbons (Fsp3) is 0.175. The van der Waals surface area contributed by atoms with Gasteiger partial charge < -0.3 is 19.5 Å². The van der Waals surface area contributed by atoms with Crippen LogP contribution in [0.4, 0.5) is 5.69 Å². The topological polar surface area (TPSA) is 91.2 Å². The van der Waals surface area contributed by atoms with E-state index in [9.17, 15) is 9.59 Å². The lowest BCUT2D eigenvalue weighted by molar-refractivity contribution is -0.113. The van der Waals surface area contributed by atoms with E-state index in [4.69, 9.17) is 30.8 Å². The third-order valence-electron chi connectivity index (χ3n) is 8.18. The number of ether oxygens (including phenoxy) is 3. The molecule has 0 saturated carbocycles. The lowest BCUT2D eigenvalue weighted by Gasteiger charge is -2.25. The van der Waals surface area contributed by atoms with Gasteiger partial charge in [-0.15, -0.1) is 6.58 Å². The summed E-state index contributed by atoms with van der Waals surface area (Å²) >= 11 is 7.67. The average Bonchev–Trinajstić information content (AvgIpc) is 3.42. The monoisotopic (exact) mass is 705 g/mol. The molecule has 0 aliphatic carbocycles. The van der Waals surface area contributed by atoms with Crippen LogP contribution in [0.5, 0.6) is 17.2 Å². The van der Waals surface area contributed by atoms with Crippen LogP contribution in [0, 0.1) is 0 Å². The van der Waals surface area contributed by atoms with Crippen LogP contribution < -0.4 is 34.4 Å². The number of carbonyl (C=O) groups excluding carboxylic acids is 1. The van der Waals surface area contributed by atoms with Gasteiger partial charge in [0.2, 0.25) is 0 Å². The van der Waals surface area contributed by atoms with Crippen molar-refractivity contribution < 1.29 is 19.0 Å². The molecule has 0 bridgehead atoms. The van der Waals surface area contributed by atoms with Crippen LogP contribution in [0.3, 0.4) is 0 Å². The maximum Gasteiger partial charge on any atom is 0.271 e. The molecule has 0 unspecified atom stereocenters. The second-order valence-electron chi connectivity index (χ2n) is 11.5. The van der Waals surface area contributed by atoms with Gasteiger partial charge in [-0.1, -0.05) is 77.5 Å². The van der Waals surface area contributed by atoms with E-state index in [0.29, 0.717) is 61.6 Å². The van der Waals surface area contributed by atoms with E-state index in [1.54, 1.807) is 24.7 Å².